The van der Waals surface area contributed by atoms with Crippen molar-refractivity contribution in [2.45, 2.75) is 17.8 Å². The zero-order chi connectivity index (χ0) is 13.6. The molecule has 3 aliphatic rings. The lowest BCUT2D eigenvalue weighted by molar-refractivity contribution is -0.140. The molecule has 0 radical (unpaired) electrons. The number of nitrogens with two attached hydrogens (primary N) is 1. The zero-order valence-corrected chi connectivity index (χ0v) is 12.3. The van der Waals surface area contributed by atoms with E-state index in [0.29, 0.717) is 17.6 Å². The standard InChI is InChI=1S/C12H16N2O3S2/c1-16-12(18)9-7(6-2-3-17-4-6)5-19-11-8(13)10(15)14(9)11/h6,8,11H,2-5,13H2,1H3/t6?,8?,11-/m1/s1. The summed E-state index contributed by atoms with van der Waals surface area (Å²) in [6.07, 6.45) is 0.977. The number of β-lactam (4-membered cyclic amide) rings is 1. The third-order valence-electron chi connectivity index (χ3n) is 3.84. The number of carbonyl (C=O) groups is 1. The van der Waals surface area contributed by atoms with Crippen LogP contribution in [-0.4, -0.2) is 53.3 Å². The smallest absolute Gasteiger partial charge is 0.248 e. The van der Waals surface area contributed by atoms with Crippen molar-refractivity contribution < 1.29 is 14.3 Å². The molecule has 0 bridgehead atoms. The van der Waals surface area contributed by atoms with E-state index in [1.54, 1.807) is 23.8 Å². The van der Waals surface area contributed by atoms with Gasteiger partial charge in [-0.1, -0.05) is 0 Å². The molecule has 3 atom stereocenters. The van der Waals surface area contributed by atoms with E-state index in [4.69, 9.17) is 27.4 Å². The van der Waals surface area contributed by atoms with Gasteiger partial charge in [0.05, 0.1) is 19.4 Å². The Kier molecular flexibility index (Phi) is 3.55. The highest BCUT2D eigenvalue weighted by molar-refractivity contribution is 8.00. The SMILES string of the molecule is COC(=S)C1=C(C2CCOC2)CS[C@@H]2C(N)C(=O)N12. The molecule has 0 aromatic rings. The van der Waals surface area contributed by atoms with Crippen LogP contribution >= 0.6 is 24.0 Å². The molecule has 2 N–H and O–H groups in total. The van der Waals surface area contributed by atoms with Gasteiger partial charge in [-0.25, -0.2) is 0 Å². The molecule has 0 spiro atoms. The van der Waals surface area contributed by atoms with Gasteiger partial charge in [0.25, 0.3) is 0 Å². The van der Waals surface area contributed by atoms with E-state index in [9.17, 15) is 4.79 Å². The van der Waals surface area contributed by atoms with Gasteiger partial charge in [0, 0.05) is 18.3 Å². The molecule has 0 aromatic heterocycles. The molecule has 5 nitrogen and oxygen atoms in total. The minimum Gasteiger partial charge on any atom is -0.485 e. The largest absolute Gasteiger partial charge is 0.485 e. The zero-order valence-electron chi connectivity index (χ0n) is 10.6. The van der Waals surface area contributed by atoms with Crippen LogP contribution in [0.4, 0.5) is 0 Å². The molecule has 2 unspecified atom stereocenters. The molecule has 3 heterocycles. The van der Waals surface area contributed by atoms with Crippen LogP contribution in [0.2, 0.25) is 0 Å². The van der Waals surface area contributed by atoms with Gasteiger partial charge in [0.15, 0.2) is 0 Å². The van der Waals surface area contributed by atoms with Crippen LogP contribution in [0, 0.1) is 5.92 Å². The highest BCUT2D eigenvalue weighted by atomic mass is 32.2. The van der Waals surface area contributed by atoms with Gasteiger partial charge in [-0.3, -0.25) is 9.69 Å². The fraction of sp³-hybridized carbons (Fsp3) is 0.667. The fourth-order valence-electron chi connectivity index (χ4n) is 2.75. The molecule has 2 fully saturated rings. The summed E-state index contributed by atoms with van der Waals surface area (Å²) >= 11 is 6.98. The minimum atomic E-state index is -0.416. The van der Waals surface area contributed by atoms with Crippen LogP contribution < -0.4 is 5.73 Å². The monoisotopic (exact) mass is 300 g/mol. The summed E-state index contributed by atoms with van der Waals surface area (Å²) in [5.41, 5.74) is 7.78. The van der Waals surface area contributed by atoms with Gasteiger partial charge < -0.3 is 15.2 Å². The number of ether oxygens (including phenoxy) is 2. The number of carbonyl (C=O) groups excluding carboxylic acids is 1. The van der Waals surface area contributed by atoms with E-state index < -0.39 is 6.04 Å². The topological polar surface area (TPSA) is 64.8 Å². The van der Waals surface area contributed by atoms with Crippen LogP contribution in [0.5, 0.6) is 0 Å². The molecule has 0 aliphatic carbocycles. The maximum Gasteiger partial charge on any atom is 0.248 e. The Morgan fingerprint density at radius 2 is 2.42 bits per heavy atom. The van der Waals surface area contributed by atoms with Gasteiger partial charge in [-0.2, -0.15) is 0 Å². The molecule has 104 valence electrons. The predicted molar refractivity (Wildman–Crippen MR) is 76.6 cm³/mol. The first-order valence-corrected chi connectivity index (χ1v) is 7.70. The lowest BCUT2D eigenvalue weighted by Crippen LogP contribution is -2.68. The molecule has 7 heteroatoms. The minimum absolute atomic E-state index is 0.00155. The molecule has 3 aliphatic heterocycles. The summed E-state index contributed by atoms with van der Waals surface area (Å²) in [6.45, 7) is 1.47. The van der Waals surface area contributed by atoms with Crippen molar-refractivity contribution in [1.82, 2.24) is 4.90 Å². The normalized spacial score (nSPS) is 34.1. The maximum atomic E-state index is 12.0. The van der Waals surface area contributed by atoms with Gasteiger partial charge in [-0.15, -0.1) is 11.8 Å². The summed E-state index contributed by atoms with van der Waals surface area (Å²) in [6, 6.07) is -0.416. The van der Waals surface area contributed by atoms with Crippen molar-refractivity contribution in [2.75, 3.05) is 26.1 Å². The number of hydrogen-bond acceptors (Lipinski definition) is 6. The van der Waals surface area contributed by atoms with E-state index in [1.165, 1.54) is 5.57 Å². The second kappa shape index (κ2) is 5.05. The number of nitrogens with zero attached hydrogens (tertiary/aromatic N) is 1. The predicted octanol–water partition coefficient (Wildman–Crippen LogP) is 0.493. The van der Waals surface area contributed by atoms with Crippen LogP contribution in [0.25, 0.3) is 0 Å². The molecule has 2 saturated heterocycles. The molecule has 3 rings (SSSR count). The van der Waals surface area contributed by atoms with Crippen LogP contribution in [0.1, 0.15) is 6.42 Å². The molecule has 1 amide bonds. The Morgan fingerprint density at radius 3 is 3.05 bits per heavy atom. The van der Waals surface area contributed by atoms with Gasteiger partial charge in [-0.05, 0) is 24.2 Å². The summed E-state index contributed by atoms with van der Waals surface area (Å²) in [5.74, 6) is 1.11. The van der Waals surface area contributed by atoms with Crippen LogP contribution in [-0.2, 0) is 14.3 Å². The average molecular weight is 300 g/mol. The third-order valence-corrected chi connectivity index (χ3v) is 5.52. The number of hydrogen-bond donors (Lipinski definition) is 1. The maximum absolute atomic E-state index is 12.0. The summed E-state index contributed by atoms with van der Waals surface area (Å²) in [7, 11) is 1.54. The van der Waals surface area contributed by atoms with Gasteiger partial charge >= 0.3 is 0 Å². The van der Waals surface area contributed by atoms with Crippen molar-refractivity contribution >= 4 is 34.9 Å². The summed E-state index contributed by atoms with van der Waals surface area (Å²) < 4.78 is 10.6. The van der Waals surface area contributed by atoms with Crippen molar-refractivity contribution in [3.05, 3.63) is 11.3 Å². The van der Waals surface area contributed by atoms with Crippen LogP contribution in [0.3, 0.4) is 0 Å². The van der Waals surface area contributed by atoms with Crippen molar-refractivity contribution in [2.24, 2.45) is 11.7 Å². The summed E-state index contributed by atoms with van der Waals surface area (Å²) in [4.78, 5) is 13.7. The first kappa shape index (κ1) is 13.4. The number of thioether (sulfide) groups is 1. The van der Waals surface area contributed by atoms with Gasteiger partial charge in [0.1, 0.15) is 11.4 Å². The van der Waals surface area contributed by atoms with E-state index in [-0.39, 0.29) is 11.3 Å². The van der Waals surface area contributed by atoms with Crippen LogP contribution in [0.15, 0.2) is 11.3 Å². The number of rotatable bonds is 2. The van der Waals surface area contributed by atoms with Gasteiger partial charge in [0.2, 0.25) is 11.0 Å². The Morgan fingerprint density at radius 1 is 1.63 bits per heavy atom. The lowest BCUT2D eigenvalue weighted by atomic mass is 9.94. The molecule has 0 aromatic carbocycles. The third kappa shape index (κ3) is 1.99. The van der Waals surface area contributed by atoms with Crippen molar-refractivity contribution in [3.63, 3.8) is 0 Å². The highest BCUT2D eigenvalue weighted by Gasteiger charge is 2.51. The second-order valence-electron chi connectivity index (χ2n) is 4.86. The molecule has 19 heavy (non-hydrogen) atoms. The van der Waals surface area contributed by atoms with E-state index in [2.05, 4.69) is 0 Å². The quantitative estimate of drug-likeness (QED) is 0.591. The van der Waals surface area contributed by atoms with Crippen molar-refractivity contribution in [1.29, 1.82) is 0 Å². The highest BCUT2D eigenvalue weighted by Crippen LogP contribution is 2.43. The molecule has 0 saturated carbocycles. The number of fused-ring (bicyclic) bond motifs is 1. The Hall–Kier alpha value is -0.630. The first-order valence-electron chi connectivity index (χ1n) is 6.24. The van der Waals surface area contributed by atoms with E-state index >= 15 is 0 Å². The number of methoxy groups -OCH3 is 1. The molecular weight excluding hydrogens is 284 g/mol. The number of amides is 1. The average Bonchev–Trinajstić information content (AvgIpc) is 2.97. The lowest BCUT2D eigenvalue weighted by Gasteiger charge is -2.49. The Bertz CT molecular complexity index is 460. The molecular formula is C12H16N2O3S2. The fourth-order valence-corrected chi connectivity index (χ4v) is 4.38. The second-order valence-corrected chi connectivity index (χ2v) is 6.34. The van der Waals surface area contributed by atoms with E-state index in [0.717, 1.165) is 24.5 Å². The number of thiocarbonyl (C=S) groups is 1. The first-order chi connectivity index (χ1) is 9.15. The Labute approximate surface area is 121 Å². The van der Waals surface area contributed by atoms with E-state index in [1.807, 2.05) is 0 Å². The van der Waals surface area contributed by atoms with Crippen molar-refractivity contribution in [3.8, 4) is 0 Å². The summed E-state index contributed by atoms with van der Waals surface area (Å²) in [5, 5.41) is 0.383. The Balaban J connectivity index is 1.98.